The first-order chi connectivity index (χ1) is 3.56. The molecule has 0 aliphatic rings. The van der Waals surface area contributed by atoms with Gasteiger partial charge in [0.25, 0.3) is 0 Å². The minimum atomic E-state index is -1.15. The molecular weight excluding hydrogens is 157 g/mol. The Kier molecular flexibility index (Phi) is 3.79. The van der Waals surface area contributed by atoms with Gasteiger partial charge >= 0.3 is 55.6 Å². The summed E-state index contributed by atoms with van der Waals surface area (Å²) in [4.78, 5) is 0. The van der Waals surface area contributed by atoms with Crippen molar-refractivity contribution in [1.29, 1.82) is 0 Å². The van der Waals surface area contributed by atoms with E-state index in [0.717, 1.165) is 6.42 Å². The summed E-state index contributed by atoms with van der Waals surface area (Å²) in [7, 11) is 0. The van der Waals surface area contributed by atoms with Crippen LogP contribution in [0.4, 0.5) is 0 Å². The van der Waals surface area contributed by atoms with Crippen molar-refractivity contribution >= 4 is 13.3 Å². The number of rotatable bonds is 3. The Labute approximate surface area is 56.0 Å². The zero-order valence-electron chi connectivity index (χ0n) is 6.33. The van der Waals surface area contributed by atoms with E-state index in [1.807, 2.05) is 0 Å². The average Bonchev–Trinajstić information content (AvgIpc) is 1.59. The molecule has 1 radical (unpaired) electrons. The standard InChI is InChI=1S/C7H17Ge/c1-5-6-7-8(2,3)4/h1,5-7H2,2-4H3. The van der Waals surface area contributed by atoms with Gasteiger partial charge in [-0.3, -0.25) is 0 Å². The zero-order valence-corrected chi connectivity index (χ0v) is 8.43. The van der Waals surface area contributed by atoms with Gasteiger partial charge in [0.05, 0.1) is 0 Å². The predicted molar refractivity (Wildman–Crippen MR) is 42.7 cm³/mol. The summed E-state index contributed by atoms with van der Waals surface area (Å²) in [6.07, 6.45) is 2.48. The molecule has 8 heavy (non-hydrogen) atoms. The molecule has 49 valence electrons. The van der Waals surface area contributed by atoms with Crippen molar-refractivity contribution in [2.24, 2.45) is 0 Å². The van der Waals surface area contributed by atoms with Crippen molar-refractivity contribution in [3.05, 3.63) is 6.92 Å². The third-order valence-electron chi connectivity index (χ3n) is 1.18. The fraction of sp³-hybridized carbons (Fsp3) is 0.857. The summed E-state index contributed by atoms with van der Waals surface area (Å²) < 4.78 is 0. The van der Waals surface area contributed by atoms with Crippen molar-refractivity contribution < 1.29 is 0 Å². The number of hydrogen-bond acceptors (Lipinski definition) is 0. The van der Waals surface area contributed by atoms with Gasteiger partial charge in [-0.25, -0.2) is 0 Å². The third kappa shape index (κ3) is 6.54. The third-order valence-corrected chi connectivity index (χ3v) is 5.07. The van der Waals surface area contributed by atoms with Gasteiger partial charge in [0, 0.05) is 0 Å². The molecule has 0 aromatic carbocycles. The molecule has 0 aliphatic heterocycles. The van der Waals surface area contributed by atoms with E-state index in [1.165, 1.54) is 11.7 Å². The molecule has 0 rings (SSSR count). The number of unbranched alkanes of at least 4 members (excludes halogenated alkanes) is 1. The van der Waals surface area contributed by atoms with E-state index in [2.05, 4.69) is 24.2 Å². The van der Waals surface area contributed by atoms with E-state index >= 15 is 0 Å². The van der Waals surface area contributed by atoms with Gasteiger partial charge in [0.2, 0.25) is 0 Å². The van der Waals surface area contributed by atoms with Crippen LogP contribution >= 0.6 is 0 Å². The van der Waals surface area contributed by atoms with Crippen molar-refractivity contribution in [2.45, 2.75) is 35.4 Å². The Balaban J connectivity index is 3.11. The summed E-state index contributed by atoms with van der Waals surface area (Å²) in [5.41, 5.74) is 0. The fourth-order valence-electron chi connectivity index (χ4n) is 0.655. The van der Waals surface area contributed by atoms with Gasteiger partial charge in [-0.05, 0) is 0 Å². The molecule has 0 unspecified atom stereocenters. The van der Waals surface area contributed by atoms with Gasteiger partial charge in [-0.1, -0.05) is 0 Å². The van der Waals surface area contributed by atoms with Crippen LogP contribution < -0.4 is 0 Å². The summed E-state index contributed by atoms with van der Waals surface area (Å²) >= 11 is -1.15. The van der Waals surface area contributed by atoms with E-state index in [1.54, 1.807) is 0 Å². The maximum absolute atomic E-state index is 3.82. The molecule has 0 spiro atoms. The summed E-state index contributed by atoms with van der Waals surface area (Å²) in [5.74, 6) is 7.36. The number of hydrogen-bond donors (Lipinski definition) is 0. The van der Waals surface area contributed by atoms with Gasteiger partial charge < -0.3 is 0 Å². The molecule has 0 aliphatic carbocycles. The van der Waals surface area contributed by atoms with E-state index in [4.69, 9.17) is 0 Å². The molecule has 1 heteroatoms. The normalized spacial score (nSPS) is 12.0. The molecule has 0 N–H and O–H groups in total. The van der Waals surface area contributed by atoms with Crippen molar-refractivity contribution in [1.82, 2.24) is 0 Å². The Hall–Kier alpha value is 0.543. The predicted octanol–water partition coefficient (Wildman–Crippen LogP) is 2.94. The molecule has 0 nitrogen and oxygen atoms in total. The molecule has 0 aromatic rings. The van der Waals surface area contributed by atoms with Gasteiger partial charge in [0.15, 0.2) is 0 Å². The summed E-state index contributed by atoms with van der Waals surface area (Å²) in [6.45, 7) is 3.82. The molecule has 0 heterocycles. The first-order valence-electron chi connectivity index (χ1n) is 3.35. The van der Waals surface area contributed by atoms with Crippen LogP contribution in [0, 0.1) is 6.92 Å². The topological polar surface area (TPSA) is 0 Å². The first-order valence-corrected chi connectivity index (χ1v) is 11.1. The fourth-order valence-corrected chi connectivity index (χ4v) is 3.41. The molecular formula is C7H17Ge. The van der Waals surface area contributed by atoms with Gasteiger partial charge in [-0.15, -0.1) is 0 Å². The Morgan fingerprint density at radius 3 is 1.88 bits per heavy atom. The molecule has 0 amide bonds. The van der Waals surface area contributed by atoms with Crippen molar-refractivity contribution in [3.8, 4) is 0 Å². The maximum atomic E-state index is 3.82. The summed E-state index contributed by atoms with van der Waals surface area (Å²) in [6, 6.07) is 0. The average molecular weight is 174 g/mol. The van der Waals surface area contributed by atoms with Gasteiger partial charge in [0.1, 0.15) is 0 Å². The van der Waals surface area contributed by atoms with Crippen LogP contribution in [0.25, 0.3) is 0 Å². The van der Waals surface area contributed by atoms with E-state index < -0.39 is 13.3 Å². The molecule has 0 saturated heterocycles. The van der Waals surface area contributed by atoms with Crippen LogP contribution in [0.2, 0.25) is 22.5 Å². The van der Waals surface area contributed by atoms with E-state index in [9.17, 15) is 0 Å². The second-order valence-electron chi connectivity index (χ2n) is 3.52. The minimum absolute atomic E-state index is 1.13. The molecule has 0 atom stereocenters. The van der Waals surface area contributed by atoms with Crippen LogP contribution in [0.3, 0.4) is 0 Å². The van der Waals surface area contributed by atoms with Crippen LogP contribution in [-0.4, -0.2) is 13.3 Å². The van der Waals surface area contributed by atoms with Crippen LogP contribution in [0.5, 0.6) is 0 Å². The van der Waals surface area contributed by atoms with Crippen LogP contribution in [0.1, 0.15) is 12.8 Å². The van der Waals surface area contributed by atoms with E-state index in [-0.39, 0.29) is 0 Å². The summed E-state index contributed by atoms with van der Waals surface area (Å²) in [5, 5.41) is 1.49. The van der Waals surface area contributed by atoms with Crippen LogP contribution in [0.15, 0.2) is 0 Å². The molecule has 0 fully saturated rings. The SMILES string of the molecule is [CH2]CC[CH2][Ge]([CH3])([CH3])[CH3]. The van der Waals surface area contributed by atoms with E-state index in [0.29, 0.717) is 0 Å². The molecule has 0 bridgehead atoms. The zero-order chi connectivity index (χ0) is 6.62. The monoisotopic (exact) mass is 175 g/mol. The molecule has 0 saturated carbocycles. The Morgan fingerprint density at radius 1 is 1.25 bits per heavy atom. The Morgan fingerprint density at radius 2 is 1.75 bits per heavy atom. The molecule has 0 aromatic heterocycles. The van der Waals surface area contributed by atoms with Crippen molar-refractivity contribution in [3.63, 3.8) is 0 Å². The second kappa shape index (κ2) is 3.55. The quantitative estimate of drug-likeness (QED) is 0.576. The first kappa shape index (κ1) is 8.54. The van der Waals surface area contributed by atoms with Crippen LogP contribution in [-0.2, 0) is 0 Å². The van der Waals surface area contributed by atoms with Crippen molar-refractivity contribution in [2.75, 3.05) is 0 Å². The second-order valence-corrected chi connectivity index (χ2v) is 15.3. The Bertz CT molecular complexity index is 51.9. The van der Waals surface area contributed by atoms with Gasteiger partial charge in [-0.2, -0.15) is 0 Å².